The Balaban J connectivity index is 1.95. The molecule has 1 saturated heterocycles. The first-order chi connectivity index (χ1) is 7.75. The highest BCUT2D eigenvalue weighted by Crippen LogP contribution is 2.09. The third kappa shape index (κ3) is 2.67. The van der Waals surface area contributed by atoms with E-state index in [1.807, 2.05) is 12.1 Å². The van der Waals surface area contributed by atoms with Crippen molar-refractivity contribution in [3.63, 3.8) is 0 Å². The van der Waals surface area contributed by atoms with E-state index in [0.717, 1.165) is 5.56 Å². The average Bonchev–Trinajstić information content (AvgIpc) is 2.74. The Labute approximate surface area is 94.2 Å². The van der Waals surface area contributed by atoms with E-state index in [4.69, 9.17) is 0 Å². The van der Waals surface area contributed by atoms with Gasteiger partial charge in [0.15, 0.2) is 0 Å². The number of carbonyl (C=O) groups excluding carboxylic acids is 1. The van der Waals surface area contributed by atoms with E-state index < -0.39 is 0 Å². The zero-order valence-corrected chi connectivity index (χ0v) is 8.91. The molecule has 1 atom stereocenters. The van der Waals surface area contributed by atoms with Crippen LogP contribution in [0.1, 0.15) is 12.0 Å². The first-order valence-corrected chi connectivity index (χ1v) is 5.31. The predicted octanol–water partition coefficient (Wildman–Crippen LogP) is 0.688. The minimum Gasteiger partial charge on any atom is -0.391 e. The Bertz CT molecular complexity index is 389. The van der Waals surface area contributed by atoms with E-state index in [-0.39, 0.29) is 12.0 Å². The van der Waals surface area contributed by atoms with Crippen LogP contribution >= 0.6 is 0 Å². The van der Waals surface area contributed by atoms with Crippen LogP contribution in [0.2, 0.25) is 0 Å². The van der Waals surface area contributed by atoms with E-state index in [1.54, 1.807) is 23.4 Å². The van der Waals surface area contributed by atoms with Crippen molar-refractivity contribution in [3.05, 3.63) is 36.2 Å². The summed E-state index contributed by atoms with van der Waals surface area (Å²) < 4.78 is 0. The Morgan fingerprint density at radius 1 is 1.62 bits per heavy atom. The molecule has 0 aromatic carbocycles. The summed E-state index contributed by atoms with van der Waals surface area (Å²) in [5.74, 6) is -0.0552. The van der Waals surface area contributed by atoms with Crippen molar-refractivity contribution in [2.75, 3.05) is 13.1 Å². The molecule has 1 aromatic heterocycles. The van der Waals surface area contributed by atoms with Crippen LogP contribution in [0.5, 0.6) is 0 Å². The highest BCUT2D eigenvalue weighted by atomic mass is 16.3. The maximum Gasteiger partial charge on any atom is 0.246 e. The van der Waals surface area contributed by atoms with Gasteiger partial charge in [-0.05, 0) is 24.1 Å². The molecular formula is C12H14N2O2. The molecule has 0 saturated carbocycles. The summed E-state index contributed by atoms with van der Waals surface area (Å²) in [6, 6.07) is 3.71. The largest absolute Gasteiger partial charge is 0.391 e. The van der Waals surface area contributed by atoms with E-state index in [9.17, 15) is 9.90 Å². The van der Waals surface area contributed by atoms with Gasteiger partial charge < -0.3 is 10.0 Å². The van der Waals surface area contributed by atoms with Crippen LogP contribution < -0.4 is 0 Å². The topological polar surface area (TPSA) is 53.4 Å². The van der Waals surface area contributed by atoms with Crippen LogP contribution in [0.4, 0.5) is 0 Å². The molecule has 0 aliphatic carbocycles. The standard InChI is InChI=1S/C12H14N2O2/c15-11-5-7-14(9-11)12(16)4-3-10-2-1-6-13-8-10/h1-4,6,8,11,15H,5,7,9H2/t11-/m0/s1. The molecule has 2 rings (SSSR count). The van der Waals surface area contributed by atoms with Crippen LogP contribution in [0.25, 0.3) is 6.08 Å². The van der Waals surface area contributed by atoms with E-state index in [2.05, 4.69) is 4.98 Å². The predicted molar refractivity (Wildman–Crippen MR) is 60.5 cm³/mol. The molecule has 0 spiro atoms. The molecular weight excluding hydrogens is 204 g/mol. The smallest absolute Gasteiger partial charge is 0.246 e. The maximum atomic E-state index is 11.7. The lowest BCUT2D eigenvalue weighted by Gasteiger charge is -2.12. The second-order valence-electron chi connectivity index (χ2n) is 3.85. The fourth-order valence-corrected chi connectivity index (χ4v) is 1.69. The Morgan fingerprint density at radius 2 is 2.50 bits per heavy atom. The highest BCUT2D eigenvalue weighted by Gasteiger charge is 2.22. The van der Waals surface area contributed by atoms with Gasteiger partial charge in [-0.25, -0.2) is 0 Å². The Kier molecular flexibility index (Phi) is 3.31. The molecule has 1 amide bonds. The minimum atomic E-state index is -0.365. The summed E-state index contributed by atoms with van der Waals surface area (Å²) in [6.07, 6.45) is 6.95. The van der Waals surface area contributed by atoms with Crippen LogP contribution in [-0.2, 0) is 4.79 Å². The third-order valence-corrected chi connectivity index (χ3v) is 2.58. The number of pyridine rings is 1. The van der Waals surface area contributed by atoms with Gasteiger partial charge in [-0.1, -0.05) is 6.07 Å². The van der Waals surface area contributed by atoms with Crippen molar-refractivity contribution in [2.24, 2.45) is 0 Å². The number of carbonyl (C=O) groups is 1. The summed E-state index contributed by atoms with van der Waals surface area (Å²) in [4.78, 5) is 17.3. The number of aromatic nitrogens is 1. The monoisotopic (exact) mass is 218 g/mol. The normalized spacial score (nSPS) is 20.6. The number of β-amino-alcohol motifs (C(OH)–C–C–N with tert-alkyl or cyclic N) is 1. The van der Waals surface area contributed by atoms with Gasteiger partial charge >= 0.3 is 0 Å². The van der Waals surface area contributed by atoms with Gasteiger partial charge in [-0.2, -0.15) is 0 Å². The molecule has 4 nitrogen and oxygen atoms in total. The summed E-state index contributed by atoms with van der Waals surface area (Å²) in [5.41, 5.74) is 0.899. The molecule has 0 radical (unpaired) electrons. The molecule has 4 heteroatoms. The molecule has 2 heterocycles. The zero-order valence-electron chi connectivity index (χ0n) is 8.91. The van der Waals surface area contributed by atoms with Crippen molar-refractivity contribution in [1.29, 1.82) is 0 Å². The van der Waals surface area contributed by atoms with Gasteiger partial charge in [0.2, 0.25) is 5.91 Å². The fraction of sp³-hybridized carbons (Fsp3) is 0.333. The van der Waals surface area contributed by atoms with Crippen LogP contribution in [0.15, 0.2) is 30.6 Å². The molecule has 84 valence electrons. The molecule has 1 N–H and O–H groups in total. The van der Waals surface area contributed by atoms with Gasteiger partial charge in [-0.15, -0.1) is 0 Å². The van der Waals surface area contributed by atoms with Crippen LogP contribution in [-0.4, -0.2) is 40.1 Å². The van der Waals surface area contributed by atoms with Gasteiger partial charge in [0.25, 0.3) is 0 Å². The number of nitrogens with zero attached hydrogens (tertiary/aromatic N) is 2. The number of hydrogen-bond acceptors (Lipinski definition) is 3. The van der Waals surface area contributed by atoms with Crippen molar-refractivity contribution >= 4 is 12.0 Å². The van der Waals surface area contributed by atoms with E-state index in [0.29, 0.717) is 19.5 Å². The average molecular weight is 218 g/mol. The Hall–Kier alpha value is -1.68. The van der Waals surface area contributed by atoms with E-state index >= 15 is 0 Å². The van der Waals surface area contributed by atoms with Crippen molar-refractivity contribution in [2.45, 2.75) is 12.5 Å². The molecule has 1 aliphatic heterocycles. The van der Waals surface area contributed by atoms with Crippen LogP contribution in [0.3, 0.4) is 0 Å². The molecule has 16 heavy (non-hydrogen) atoms. The molecule has 1 aliphatic rings. The molecule has 1 aromatic rings. The Morgan fingerprint density at radius 3 is 3.12 bits per heavy atom. The highest BCUT2D eigenvalue weighted by molar-refractivity contribution is 5.91. The summed E-state index contributed by atoms with van der Waals surface area (Å²) in [5, 5.41) is 9.31. The summed E-state index contributed by atoms with van der Waals surface area (Å²) >= 11 is 0. The van der Waals surface area contributed by atoms with Crippen LogP contribution in [0, 0.1) is 0 Å². The van der Waals surface area contributed by atoms with Crippen molar-refractivity contribution < 1.29 is 9.90 Å². The number of likely N-dealkylation sites (tertiary alicyclic amines) is 1. The van der Waals surface area contributed by atoms with Gasteiger partial charge in [0.05, 0.1) is 6.10 Å². The molecule has 0 bridgehead atoms. The summed E-state index contributed by atoms with van der Waals surface area (Å²) in [7, 11) is 0. The number of amides is 1. The number of hydrogen-bond donors (Lipinski definition) is 1. The van der Waals surface area contributed by atoms with Gasteiger partial charge in [-0.3, -0.25) is 9.78 Å². The quantitative estimate of drug-likeness (QED) is 0.743. The fourth-order valence-electron chi connectivity index (χ4n) is 1.69. The van der Waals surface area contributed by atoms with E-state index in [1.165, 1.54) is 6.08 Å². The van der Waals surface area contributed by atoms with Crippen molar-refractivity contribution in [1.82, 2.24) is 9.88 Å². The second-order valence-corrected chi connectivity index (χ2v) is 3.85. The zero-order chi connectivity index (χ0) is 11.4. The summed E-state index contributed by atoms with van der Waals surface area (Å²) in [6.45, 7) is 1.08. The number of rotatable bonds is 2. The number of aliphatic hydroxyl groups excluding tert-OH is 1. The second kappa shape index (κ2) is 4.90. The van der Waals surface area contributed by atoms with Gasteiger partial charge in [0.1, 0.15) is 0 Å². The third-order valence-electron chi connectivity index (χ3n) is 2.58. The SMILES string of the molecule is O=C(C=Cc1cccnc1)N1CC[C@H](O)C1. The first kappa shape index (κ1) is 10.8. The van der Waals surface area contributed by atoms with Crippen molar-refractivity contribution in [3.8, 4) is 0 Å². The lowest BCUT2D eigenvalue weighted by Crippen LogP contribution is -2.27. The minimum absolute atomic E-state index is 0.0552. The lowest BCUT2D eigenvalue weighted by atomic mass is 10.2. The molecule has 1 fully saturated rings. The maximum absolute atomic E-state index is 11.7. The molecule has 0 unspecified atom stereocenters. The number of aliphatic hydroxyl groups is 1. The van der Waals surface area contributed by atoms with Gasteiger partial charge in [0, 0.05) is 31.6 Å². The first-order valence-electron chi connectivity index (χ1n) is 5.31. The lowest BCUT2D eigenvalue weighted by molar-refractivity contribution is -0.125.